The van der Waals surface area contributed by atoms with Crippen LogP contribution in [-0.4, -0.2) is 20.6 Å². The number of amides is 1. The summed E-state index contributed by atoms with van der Waals surface area (Å²) in [5.74, 6) is 0.169. The van der Waals surface area contributed by atoms with E-state index in [0.29, 0.717) is 29.3 Å². The van der Waals surface area contributed by atoms with Crippen LogP contribution >= 0.6 is 0 Å². The van der Waals surface area contributed by atoms with Crippen molar-refractivity contribution in [2.75, 3.05) is 5.32 Å². The molecule has 10 heteroatoms. The fourth-order valence-corrected chi connectivity index (χ4v) is 3.18. The lowest BCUT2D eigenvalue weighted by atomic mass is 10.2. The lowest BCUT2D eigenvalue weighted by Gasteiger charge is -2.05. The molecule has 0 fully saturated rings. The molecule has 0 aliphatic carbocycles. The summed E-state index contributed by atoms with van der Waals surface area (Å²) in [6.45, 7) is 2.04. The SMILES string of the molecule is Cc1cc(OCc2ccc(C(=O)Nc3cnn(Cc4cccc(F)c4)c3)o2)ccc1[N+](=O)[O-]. The Morgan fingerprint density at radius 2 is 2.09 bits per heavy atom. The number of hydrogen-bond donors (Lipinski definition) is 1. The molecule has 0 unspecified atom stereocenters. The average Bonchev–Trinajstić information content (AvgIpc) is 3.42. The van der Waals surface area contributed by atoms with Crippen molar-refractivity contribution in [2.45, 2.75) is 20.1 Å². The van der Waals surface area contributed by atoms with Crippen LogP contribution in [0.1, 0.15) is 27.4 Å². The van der Waals surface area contributed by atoms with Crippen molar-refractivity contribution < 1.29 is 23.3 Å². The summed E-state index contributed by atoms with van der Waals surface area (Å²) in [4.78, 5) is 22.9. The minimum absolute atomic E-state index is 0.0126. The highest BCUT2D eigenvalue weighted by atomic mass is 19.1. The molecule has 2 aromatic carbocycles. The maximum absolute atomic E-state index is 13.3. The van der Waals surface area contributed by atoms with E-state index >= 15 is 0 Å². The summed E-state index contributed by atoms with van der Waals surface area (Å²) in [6, 6.07) is 13.8. The third-order valence-electron chi connectivity index (χ3n) is 4.76. The van der Waals surface area contributed by atoms with Gasteiger partial charge in [0, 0.05) is 17.8 Å². The number of hydrogen-bond acceptors (Lipinski definition) is 6. The molecule has 0 radical (unpaired) electrons. The third-order valence-corrected chi connectivity index (χ3v) is 4.76. The molecule has 1 N–H and O–H groups in total. The molecule has 1 amide bonds. The number of nitro benzene ring substituents is 1. The number of rotatable bonds is 8. The first-order chi connectivity index (χ1) is 15.9. The Labute approximate surface area is 187 Å². The first-order valence-electron chi connectivity index (χ1n) is 9.92. The van der Waals surface area contributed by atoms with Crippen LogP contribution in [0.2, 0.25) is 0 Å². The summed E-state index contributed by atoms with van der Waals surface area (Å²) in [7, 11) is 0. The molecule has 0 atom stereocenters. The highest BCUT2D eigenvalue weighted by Gasteiger charge is 2.14. The fraction of sp³-hybridized carbons (Fsp3) is 0.130. The number of anilines is 1. The monoisotopic (exact) mass is 450 g/mol. The Bertz CT molecular complexity index is 1310. The highest BCUT2D eigenvalue weighted by molar-refractivity contribution is 6.02. The Kier molecular flexibility index (Phi) is 6.16. The number of aromatic nitrogens is 2. The van der Waals surface area contributed by atoms with Crippen LogP contribution < -0.4 is 10.1 Å². The second kappa shape index (κ2) is 9.35. The molecule has 168 valence electrons. The zero-order valence-electron chi connectivity index (χ0n) is 17.5. The van der Waals surface area contributed by atoms with E-state index in [1.165, 1.54) is 36.5 Å². The number of nitro groups is 1. The number of benzene rings is 2. The van der Waals surface area contributed by atoms with Crippen molar-refractivity contribution in [1.29, 1.82) is 0 Å². The van der Waals surface area contributed by atoms with E-state index in [2.05, 4.69) is 10.4 Å². The van der Waals surface area contributed by atoms with Gasteiger partial charge in [-0.3, -0.25) is 19.6 Å². The molecule has 9 nitrogen and oxygen atoms in total. The van der Waals surface area contributed by atoms with Gasteiger partial charge in [-0.15, -0.1) is 0 Å². The van der Waals surface area contributed by atoms with Crippen LogP contribution in [0.4, 0.5) is 15.8 Å². The Morgan fingerprint density at radius 1 is 1.24 bits per heavy atom. The molecule has 4 rings (SSSR count). The van der Waals surface area contributed by atoms with E-state index in [0.717, 1.165) is 5.56 Å². The van der Waals surface area contributed by atoms with Gasteiger partial charge in [-0.05, 0) is 48.9 Å². The zero-order chi connectivity index (χ0) is 23.4. The number of furan rings is 1. The van der Waals surface area contributed by atoms with E-state index in [4.69, 9.17) is 9.15 Å². The first kappa shape index (κ1) is 21.8. The van der Waals surface area contributed by atoms with Gasteiger partial charge in [0.2, 0.25) is 0 Å². The topological polar surface area (TPSA) is 112 Å². The van der Waals surface area contributed by atoms with Crippen LogP contribution in [0.25, 0.3) is 0 Å². The normalized spacial score (nSPS) is 10.7. The van der Waals surface area contributed by atoms with Crippen molar-refractivity contribution in [3.05, 3.63) is 106 Å². The molecule has 4 aromatic rings. The minimum Gasteiger partial charge on any atom is -0.486 e. The Balaban J connectivity index is 1.33. The molecule has 0 aliphatic rings. The lowest BCUT2D eigenvalue weighted by molar-refractivity contribution is -0.385. The van der Waals surface area contributed by atoms with Crippen LogP contribution in [0, 0.1) is 22.9 Å². The van der Waals surface area contributed by atoms with Crippen LogP contribution in [0.5, 0.6) is 5.75 Å². The van der Waals surface area contributed by atoms with Gasteiger partial charge in [0.1, 0.15) is 23.9 Å². The average molecular weight is 450 g/mol. The van der Waals surface area contributed by atoms with Gasteiger partial charge >= 0.3 is 0 Å². The van der Waals surface area contributed by atoms with Gasteiger partial charge in [-0.2, -0.15) is 5.10 Å². The van der Waals surface area contributed by atoms with Crippen LogP contribution in [-0.2, 0) is 13.2 Å². The molecule has 0 aliphatic heterocycles. The summed E-state index contributed by atoms with van der Waals surface area (Å²) in [5, 5.41) is 17.8. The van der Waals surface area contributed by atoms with E-state index < -0.39 is 10.8 Å². The summed E-state index contributed by atoms with van der Waals surface area (Å²) < 4.78 is 26.0. The fourth-order valence-electron chi connectivity index (χ4n) is 3.18. The van der Waals surface area contributed by atoms with Crippen LogP contribution in [0.3, 0.4) is 0 Å². The summed E-state index contributed by atoms with van der Waals surface area (Å²) >= 11 is 0. The number of carbonyl (C=O) groups excluding carboxylic acids is 1. The number of nitrogens with one attached hydrogen (secondary N) is 1. The van der Waals surface area contributed by atoms with Crippen molar-refractivity contribution in [3.8, 4) is 5.75 Å². The van der Waals surface area contributed by atoms with E-state index in [1.54, 1.807) is 42.1 Å². The van der Waals surface area contributed by atoms with E-state index in [-0.39, 0.29) is 23.9 Å². The summed E-state index contributed by atoms with van der Waals surface area (Å²) in [6.07, 6.45) is 3.12. The van der Waals surface area contributed by atoms with Crippen molar-refractivity contribution in [1.82, 2.24) is 9.78 Å². The molecular weight excluding hydrogens is 431 g/mol. The molecule has 0 saturated heterocycles. The molecular formula is C23H19FN4O5. The maximum atomic E-state index is 13.3. The first-order valence-corrected chi connectivity index (χ1v) is 9.92. The molecule has 0 bridgehead atoms. The second-order valence-corrected chi connectivity index (χ2v) is 7.27. The molecule has 33 heavy (non-hydrogen) atoms. The van der Waals surface area contributed by atoms with E-state index in [9.17, 15) is 19.3 Å². The van der Waals surface area contributed by atoms with Gasteiger partial charge in [0.15, 0.2) is 5.76 Å². The smallest absolute Gasteiger partial charge is 0.291 e. The Hall–Kier alpha value is -4.47. The van der Waals surface area contributed by atoms with E-state index in [1.807, 2.05) is 0 Å². The predicted molar refractivity (Wildman–Crippen MR) is 117 cm³/mol. The standard InChI is InChI=1S/C23H19FN4O5/c1-15-9-19(5-7-21(15)28(30)31)32-14-20-6-8-22(33-20)23(29)26-18-11-25-27(13-18)12-16-3-2-4-17(24)10-16/h2-11,13H,12,14H2,1H3,(H,26,29). The van der Waals surface area contributed by atoms with Crippen molar-refractivity contribution in [3.63, 3.8) is 0 Å². The van der Waals surface area contributed by atoms with Crippen LogP contribution in [0.15, 0.2) is 71.4 Å². The molecule has 0 saturated carbocycles. The number of ether oxygens (including phenoxy) is 1. The minimum atomic E-state index is -0.460. The van der Waals surface area contributed by atoms with Gasteiger partial charge < -0.3 is 14.5 Å². The molecule has 2 heterocycles. The lowest BCUT2D eigenvalue weighted by Crippen LogP contribution is -2.10. The van der Waals surface area contributed by atoms with Crippen molar-refractivity contribution >= 4 is 17.3 Å². The van der Waals surface area contributed by atoms with Gasteiger partial charge in [0.05, 0.1) is 23.4 Å². The second-order valence-electron chi connectivity index (χ2n) is 7.27. The Morgan fingerprint density at radius 3 is 2.85 bits per heavy atom. The molecule has 2 aromatic heterocycles. The molecule has 0 spiro atoms. The quantitative estimate of drug-likeness (QED) is 0.307. The zero-order valence-corrected chi connectivity index (χ0v) is 17.5. The maximum Gasteiger partial charge on any atom is 0.291 e. The van der Waals surface area contributed by atoms with Gasteiger partial charge in [-0.25, -0.2) is 4.39 Å². The number of carbonyl (C=O) groups is 1. The number of nitrogens with zero attached hydrogens (tertiary/aromatic N) is 3. The number of aryl methyl sites for hydroxylation is 1. The third kappa shape index (κ3) is 5.42. The predicted octanol–water partition coefficient (Wildman–Crippen LogP) is 4.71. The highest BCUT2D eigenvalue weighted by Crippen LogP contribution is 2.24. The largest absolute Gasteiger partial charge is 0.486 e. The van der Waals surface area contributed by atoms with Gasteiger partial charge in [0.25, 0.3) is 11.6 Å². The summed E-state index contributed by atoms with van der Waals surface area (Å²) in [5.41, 5.74) is 1.70. The number of halogens is 1. The van der Waals surface area contributed by atoms with Crippen molar-refractivity contribution in [2.24, 2.45) is 0 Å². The van der Waals surface area contributed by atoms with Gasteiger partial charge in [-0.1, -0.05) is 12.1 Å².